The van der Waals surface area contributed by atoms with E-state index in [9.17, 15) is 0 Å². The van der Waals surface area contributed by atoms with Crippen molar-refractivity contribution in [3.8, 4) is 0 Å². The summed E-state index contributed by atoms with van der Waals surface area (Å²) in [5, 5.41) is 0. The van der Waals surface area contributed by atoms with Crippen molar-refractivity contribution in [2.45, 2.75) is 18.7 Å². The zero-order chi connectivity index (χ0) is 9.42. The summed E-state index contributed by atoms with van der Waals surface area (Å²) >= 11 is 1.98. The van der Waals surface area contributed by atoms with Gasteiger partial charge in [-0.3, -0.25) is 0 Å². The largest absolute Gasteiger partial charge is 0.373 e. The highest BCUT2D eigenvalue weighted by atomic mass is 32.2. The molecule has 2 rings (SSSR count). The Morgan fingerprint density at radius 3 is 2.85 bits per heavy atom. The van der Waals surface area contributed by atoms with E-state index in [0.717, 1.165) is 0 Å². The maximum absolute atomic E-state index is 2.36. The highest BCUT2D eigenvalue weighted by Crippen LogP contribution is 2.37. The van der Waals surface area contributed by atoms with E-state index < -0.39 is 0 Å². The molecule has 0 fully saturated rings. The minimum atomic E-state index is 1.17. The zero-order valence-electron chi connectivity index (χ0n) is 8.42. The molecule has 13 heavy (non-hydrogen) atoms. The van der Waals surface area contributed by atoms with Gasteiger partial charge in [-0.1, -0.05) is 6.07 Å². The van der Waals surface area contributed by atoms with Gasteiger partial charge in [0.15, 0.2) is 0 Å². The average Bonchev–Trinajstić information content (AvgIpc) is 2.02. The minimum Gasteiger partial charge on any atom is -0.373 e. The van der Waals surface area contributed by atoms with Crippen LogP contribution < -0.4 is 4.90 Å². The lowest BCUT2D eigenvalue weighted by Gasteiger charge is -2.29. The second kappa shape index (κ2) is 3.26. The van der Waals surface area contributed by atoms with Gasteiger partial charge in [0.05, 0.1) is 5.69 Å². The number of nitrogens with zero attached hydrogens (tertiary/aromatic N) is 1. The third kappa shape index (κ3) is 1.55. The van der Waals surface area contributed by atoms with Gasteiger partial charge in [0.1, 0.15) is 0 Å². The van der Waals surface area contributed by atoms with Crippen LogP contribution in [-0.4, -0.2) is 19.3 Å². The molecule has 0 saturated heterocycles. The lowest BCUT2D eigenvalue weighted by molar-refractivity contribution is 0.933. The number of hydrogen-bond acceptors (Lipinski definition) is 2. The Hall–Kier alpha value is -0.630. The van der Waals surface area contributed by atoms with Crippen LogP contribution >= 0.6 is 11.8 Å². The maximum Gasteiger partial charge on any atom is 0.0531 e. The van der Waals surface area contributed by atoms with E-state index >= 15 is 0 Å². The van der Waals surface area contributed by atoms with Gasteiger partial charge in [0.2, 0.25) is 0 Å². The van der Waals surface area contributed by atoms with Crippen molar-refractivity contribution < 1.29 is 0 Å². The molecule has 1 aliphatic heterocycles. The first-order chi connectivity index (χ1) is 6.18. The Morgan fingerprint density at radius 1 is 1.31 bits per heavy atom. The fourth-order valence-electron chi connectivity index (χ4n) is 1.92. The molecule has 0 radical (unpaired) electrons. The normalized spacial score (nSPS) is 15.8. The zero-order valence-corrected chi connectivity index (χ0v) is 9.24. The van der Waals surface area contributed by atoms with Crippen LogP contribution in [0.15, 0.2) is 17.0 Å². The minimum absolute atomic E-state index is 1.17. The lowest BCUT2D eigenvalue weighted by Crippen LogP contribution is -2.25. The van der Waals surface area contributed by atoms with Crippen LogP contribution in [0, 0.1) is 13.8 Å². The van der Waals surface area contributed by atoms with Crippen molar-refractivity contribution in [2.24, 2.45) is 0 Å². The van der Waals surface area contributed by atoms with Crippen LogP contribution in [0.3, 0.4) is 0 Å². The lowest BCUT2D eigenvalue weighted by atomic mass is 10.1. The Balaban J connectivity index is 2.56. The molecule has 0 spiro atoms. The SMILES string of the molecule is Cc1cc(C)c2c(c1)SCCN2C. The van der Waals surface area contributed by atoms with Gasteiger partial charge < -0.3 is 4.90 Å². The molecule has 0 aromatic heterocycles. The number of benzene rings is 1. The molecule has 0 aliphatic carbocycles. The first-order valence-electron chi connectivity index (χ1n) is 4.63. The van der Waals surface area contributed by atoms with Crippen LogP contribution in [0.5, 0.6) is 0 Å². The van der Waals surface area contributed by atoms with Crippen LogP contribution in [0.4, 0.5) is 5.69 Å². The van der Waals surface area contributed by atoms with E-state index in [-0.39, 0.29) is 0 Å². The summed E-state index contributed by atoms with van der Waals surface area (Å²) in [4.78, 5) is 3.81. The third-order valence-corrected chi connectivity index (χ3v) is 3.48. The molecule has 1 aromatic carbocycles. The van der Waals surface area contributed by atoms with E-state index in [1.807, 2.05) is 11.8 Å². The monoisotopic (exact) mass is 193 g/mol. The highest BCUT2D eigenvalue weighted by Gasteiger charge is 2.16. The molecule has 1 aliphatic rings. The Kier molecular flexibility index (Phi) is 2.24. The van der Waals surface area contributed by atoms with Gasteiger partial charge in [-0.05, 0) is 31.0 Å². The number of aryl methyl sites for hydroxylation is 2. The molecule has 0 saturated carbocycles. The van der Waals surface area contributed by atoms with Gasteiger partial charge in [-0.25, -0.2) is 0 Å². The first kappa shape index (κ1) is 8.95. The van der Waals surface area contributed by atoms with Gasteiger partial charge in [-0.2, -0.15) is 0 Å². The summed E-state index contributed by atoms with van der Waals surface area (Å²) in [6.45, 7) is 5.54. The number of anilines is 1. The molecule has 1 aromatic rings. The number of thioether (sulfide) groups is 1. The number of fused-ring (bicyclic) bond motifs is 1. The standard InChI is InChI=1S/C11H15NS/c1-8-6-9(2)11-10(7-8)13-5-4-12(11)3/h6-7H,4-5H2,1-3H3. The maximum atomic E-state index is 2.36. The molecule has 1 heterocycles. The summed E-state index contributed by atoms with van der Waals surface area (Å²) in [5.74, 6) is 1.21. The molecule has 70 valence electrons. The second-order valence-corrected chi connectivity index (χ2v) is 4.84. The highest BCUT2D eigenvalue weighted by molar-refractivity contribution is 7.99. The van der Waals surface area contributed by atoms with Crippen LogP contribution in [0.2, 0.25) is 0 Å². The van der Waals surface area contributed by atoms with Crippen LogP contribution in [0.25, 0.3) is 0 Å². The van der Waals surface area contributed by atoms with E-state index in [1.165, 1.54) is 34.0 Å². The Labute approximate surface area is 84.1 Å². The predicted octanol–water partition coefficient (Wildman–Crippen LogP) is 2.85. The smallest absolute Gasteiger partial charge is 0.0531 e. The summed E-state index contributed by atoms with van der Waals surface area (Å²) < 4.78 is 0. The van der Waals surface area contributed by atoms with Gasteiger partial charge in [0, 0.05) is 24.2 Å². The molecule has 1 nitrogen and oxygen atoms in total. The van der Waals surface area contributed by atoms with E-state index in [0.29, 0.717) is 0 Å². The van der Waals surface area contributed by atoms with Gasteiger partial charge in [-0.15, -0.1) is 11.8 Å². The average molecular weight is 193 g/mol. The summed E-state index contributed by atoms with van der Waals surface area (Å²) in [6, 6.07) is 4.56. The molecule has 0 amide bonds. The van der Waals surface area contributed by atoms with Crippen molar-refractivity contribution in [1.82, 2.24) is 0 Å². The molecular formula is C11H15NS. The van der Waals surface area contributed by atoms with Crippen molar-refractivity contribution in [3.05, 3.63) is 23.3 Å². The molecule has 0 N–H and O–H groups in total. The molecular weight excluding hydrogens is 178 g/mol. The molecule has 2 heteroatoms. The predicted molar refractivity (Wildman–Crippen MR) is 59.9 cm³/mol. The van der Waals surface area contributed by atoms with Crippen LogP contribution in [0.1, 0.15) is 11.1 Å². The molecule has 0 atom stereocenters. The second-order valence-electron chi connectivity index (χ2n) is 3.70. The summed E-state index contributed by atoms with van der Waals surface area (Å²) in [7, 11) is 2.18. The number of rotatable bonds is 0. The van der Waals surface area contributed by atoms with Crippen molar-refractivity contribution in [3.63, 3.8) is 0 Å². The van der Waals surface area contributed by atoms with E-state index in [4.69, 9.17) is 0 Å². The quantitative estimate of drug-likeness (QED) is 0.623. The van der Waals surface area contributed by atoms with E-state index in [1.54, 1.807) is 0 Å². The summed E-state index contributed by atoms with van der Waals surface area (Å²) in [6.07, 6.45) is 0. The van der Waals surface area contributed by atoms with Gasteiger partial charge >= 0.3 is 0 Å². The summed E-state index contributed by atoms with van der Waals surface area (Å²) in [5.41, 5.74) is 4.21. The molecule has 0 bridgehead atoms. The third-order valence-electron chi connectivity index (χ3n) is 2.48. The van der Waals surface area contributed by atoms with E-state index in [2.05, 4.69) is 37.9 Å². The van der Waals surface area contributed by atoms with Crippen molar-refractivity contribution in [1.29, 1.82) is 0 Å². The fraction of sp³-hybridized carbons (Fsp3) is 0.455. The Morgan fingerprint density at radius 2 is 2.08 bits per heavy atom. The Bertz CT molecular complexity index is 333. The van der Waals surface area contributed by atoms with Gasteiger partial charge in [0.25, 0.3) is 0 Å². The van der Waals surface area contributed by atoms with Crippen molar-refractivity contribution in [2.75, 3.05) is 24.2 Å². The topological polar surface area (TPSA) is 3.24 Å². The van der Waals surface area contributed by atoms with Crippen molar-refractivity contribution >= 4 is 17.4 Å². The van der Waals surface area contributed by atoms with Crippen LogP contribution in [-0.2, 0) is 0 Å². The first-order valence-corrected chi connectivity index (χ1v) is 5.62. The number of hydrogen-bond donors (Lipinski definition) is 0. The fourth-order valence-corrected chi connectivity index (χ4v) is 3.23. The molecule has 0 unspecified atom stereocenters.